The number of carbonyl (C=O) groups excluding carboxylic acids is 2. The highest BCUT2D eigenvalue weighted by Crippen LogP contribution is 1.99. The summed E-state index contributed by atoms with van der Waals surface area (Å²) in [6.07, 6.45) is 16.8. The highest BCUT2D eigenvalue weighted by molar-refractivity contribution is 5.76. The Labute approximate surface area is 190 Å². The van der Waals surface area contributed by atoms with Gasteiger partial charge in [0.25, 0.3) is 0 Å². The lowest BCUT2D eigenvalue weighted by molar-refractivity contribution is -0.121. The number of hydrogen-bond donors (Lipinski definition) is 3. The lowest BCUT2D eigenvalue weighted by Crippen LogP contribution is -2.36. The number of nitrogens with zero attached hydrogens (tertiary/aromatic N) is 1. The van der Waals surface area contributed by atoms with Gasteiger partial charge in [-0.3, -0.25) is 9.59 Å². The summed E-state index contributed by atoms with van der Waals surface area (Å²) in [5.74, 6) is 0.186. The summed E-state index contributed by atoms with van der Waals surface area (Å²) in [6.45, 7) is 9.60. The zero-order valence-corrected chi connectivity index (χ0v) is 20.2. The molecule has 0 rings (SSSR count). The van der Waals surface area contributed by atoms with E-state index in [1.54, 1.807) is 6.92 Å². The SMILES string of the molecule is CCC/C=C/CCC(=O)NCCCN(CCCNC(=O)CC/C=C/CCC)CC(C)O. The van der Waals surface area contributed by atoms with Crippen molar-refractivity contribution < 1.29 is 14.7 Å². The number of amides is 2. The topological polar surface area (TPSA) is 81.7 Å². The molecule has 0 saturated carbocycles. The molecule has 31 heavy (non-hydrogen) atoms. The van der Waals surface area contributed by atoms with Gasteiger partial charge in [0.05, 0.1) is 6.10 Å². The van der Waals surface area contributed by atoms with Gasteiger partial charge in [-0.25, -0.2) is 0 Å². The average molecular weight is 438 g/mol. The van der Waals surface area contributed by atoms with Crippen LogP contribution in [-0.2, 0) is 9.59 Å². The molecule has 0 saturated heterocycles. The summed E-state index contributed by atoms with van der Waals surface area (Å²) in [5, 5.41) is 15.7. The summed E-state index contributed by atoms with van der Waals surface area (Å²) in [5.41, 5.74) is 0. The van der Waals surface area contributed by atoms with Crippen LogP contribution in [0, 0.1) is 0 Å². The molecule has 0 radical (unpaired) electrons. The molecule has 0 spiro atoms. The van der Waals surface area contributed by atoms with Gasteiger partial charge in [0, 0.05) is 32.5 Å². The van der Waals surface area contributed by atoms with Crippen LogP contribution in [0.25, 0.3) is 0 Å². The molecule has 6 heteroatoms. The van der Waals surface area contributed by atoms with E-state index in [-0.39, 0.29) is 11.8 Å². The predicted molar refractivity (Wildman–Crippen MR) is 130 cm³/mol. The first-order valence-corrected chi connectivity index (χ1v) is 12.2. The molecule has 2 amide bonds. The van der Waals surface area contributed by atoms with Gasteiger partial charge in [-0.05, 0) is 58.5 Å². The molecule has 3 N–H and O–H groups in total. The molecule has 0 bridgehead atoms. The van der Waals surface area contributed by atoms with Gasteiger partial charge >= 0.3 is 0 Å². The van der Waals surface area contributed by atoms with Gasteiger partial charge in [0.15, 0.2) is 0 Å². The first kappa shape index (κ1) is 29.3. The van der Waals surface area contributed by atoms with Crippen LogP contribution in [0.4, 0.5) is 0 Å². The van der Waals surface area contributed by atoms with Crippen LogP contribution in [0.3, 0.4) is 0 Å². The summed E-state index contributed by atoms with van der Waals surface area (Å²) < 4.78 is 0. The third kappa shape index (κ3) is 21.4. The van der Waals surface area contributed by atoms with Crippen molar-refractivity contribution in [1.29, 1.82) is 0 Å². The Bertz CT molecular complexity index is 464. The van der Waals surface area contributed by atoms with Crippen molar-refractivity contribution in [1.82, 2.24) is 15.5 Å². The fourth-order valence-corrected chi connectivity index (χ4v) is 3.14. The van der Waals surface area contributed by atoms with Gasteiger partial charge in [-0.1, -0.05) is 51.0 Å². The second kappa shape index (κ2) is 21.6. The molecule has 0 heterocycles. The minimum atomic E-state index is -0.394. The molecule has 0 fully saturated rings. The molecule has 6 nitrogen and oxygen atoms in total. The normalized spacial score (nSPS) is 12.7. The van der Waals surface area contributed by atoms with Crippen LogP contribution in [0.15, 0.2) is 24.3 Å². The Morgan fingerprint density at radius 1 is 0.806 bits per heavy atom. The van der Waals surface area contributed by atoms with Crippen molar-refractivity contribution in [2.45, 2.75) is 91.1 Å². The zero-order chi connectivity index (χ0) is 23.2. The Hall–Kier alpha value is -1.66. The van der Waals surface area contributed by atoms with Crippen LogP contribution in [0.2, 0.25) is 0 Å². The third-order valence-electron chi connectivity index (χ3n) is 4.79. The number of aliphatic hydroxyl groups excluding tert-OH is 1. The molecule has 1 unspecified atom stereocenters. The number of unbranched alkanes of at least 4 members (excludes halogenated alkanes) is 2. The van der Waals surface area contributed by atoms with Crippen LogP contribution in [0.5, 0.6) is 0 Å². The van der Waals surface area contributed by atoms with E-state index in [1.165, 1.54) is 0 Å². The standard InChI is InChI=1S/C25H47N3O3/c1-4-6-8-10-12-16-24(30)26-18-14-20-28(22-23(3)29)21-15-19-27-25(31)17-13-11-9-7-5-2/h8-11,23,29H,4-7,12-22H2,1-3H3,(H,26,30)(H,27,31)/b10-8+,11-9+. The van der Waals surface area contributed by atoms with Crippen LogP contribution >= 0.6 is 0 Å². The van der Waals surface area contributed by atoms with E-state index < -0.39 is 6.10 Å². The van der Waals surface area contributed by atoms with Gasteiger partial charge in [-0.15, -0.1) is 0 Å². The molecule has 0 aromatic heterocycles. The number of rotatable bonds is 20. The maximum atomic E-state index is 11.9. The second-order valence-corrected chi connectivity index (χ2v) is 8.15. The van der Waals surface area contributed by atoms with E-state index in [9.17, 15) is 14.7 Å². The molecular weight excluding hydrogens is 390 g/mol. The van der Waals surface area contributed by atoms with Crippen molar-refractivity contribution in [2.24, 2.45) is 0 Å². The number of aliphatic hydroxyl groups is 1. The summed E-state index contributed by atoms with van der Waals surface area (Å²) in [4.78, 5) is 25.9. The van der Waals surface area contributed by atoms with Crippen molar-refractivity contribution >= 4 is 11.8 Å². The molecule has 0 aliphatic carbocycles. The quantitative estimate of drug-likeness (QED) is 0.199. The molecule has 0 aliphatic heterocycles. The zero-order valence-electron chi connectivity index (χ0n) is 20.2. The lowest BCUT2D eigenvalue weighted by Gasteiger charge is -2.23. The number of allylic oxidation sites excluding steroid dienone is 4. The van der Waals surface area contributed by atoms with Gasteiger partial charge < -0.3 is 20.6 Å². The minimum absolute atomic E-state index is 0.0930. The predicted octanol–water partition coefficient (Wildman–Crippen LogP) is 3.95. The van der Waals surface area contributed by atoms with Crippen molar-refractivity contribution in [2.75, 3.05) is 32.7 Å². The van der Waals surface area contributed by atoms with Crippen molar-refractivity contribution in [3.05, 3.63) is 24.3 Å². The molecule has 180 valence electrons. The Morgan fingerprint density at radius 3 is 1.61 bits per heavy atom. The Morgan fingerprint density at radius 2 is 1.23 bits per heavy atom. The van der Waals surface area contributed by atoms with E-state index >= 15 is 0 Å². The fourth-order valence-electron chi connectivity index (χ4n) is 3.14. The smallest absolute Gasteiger partial charge is 0.220 e. The van der Waals surface area contributed by atoms with Gasteiger partial charge in [0.2, 0.25) is 11.8 Å². The Kier molecular flexibility index (Phi) is 20.4. The van der Waals surface area contributed by atoms with Crippen molar-refractivity contribution in [3.8, 4) is 0 Å². The fraction of sp³-hybridized carbons (Fsp3) is 0.760. The first-order chi connectivity index (χ1) is 15.0. The van der Waals surface area contributed by atoms with Crippen molar-refractivity contribution in [3.63, 3.8) is 0 Å². The Balaban J connectivity index is 3.93. The van der Waals surface area contributed by atoms with Crippen LogP contribution in [0.1, 0.15) is 85.0 Å². The van der Waals surface area contributed by atoms with E-state index in [1.807, 2.05) is 0 Å². The molecular formula is C25H47N3O3. The highest BCUT2D eigenvalue weighted by atomic mass is 16.3. The van der Waals surface area contributed by atoms with Gasteiger partial charge in [0.1, 0.15) is 0 Å². The second-order valence-electron chi connectivity index (χ2n) is 8.15. The van der Waals surface area contributed by atoms with E-state index in [0.717, 1.165) is 64.5 Å². The maximum Gasteiger partial charge on any atom is 0.220 e. The average Bonchev–Trinajstić information content (AvgIpc) is 2.73. The molecule has 0 aromatic rings. The first-order valence-electron chi connectivity index (χ1n) is 12.2. The number of nitrogens with one attached hydrogen (secondary N) is 2. The minimum Gasteiger partial charge on any atom is -0.392 e. The molecule has 0 aromatic carbocycles. The highest BCUT2D eigenvalue weighted by Gasteiger charge is 2.09. The van der Waals surface area contributed by atoms with Crippen LogP contribution < -0.4 is 10.6 Å². The van der Waals surface area contributed by atoms with E-state index in [2.05, 4.69) is 53.7 Å². The summed E-state index contributed by atoms with van der Waals surface area (Å²) in [7, 11) is 0. The monoisotopic (exact) mass is 437 g/mol. The number of carbonyl (C=O) groups is 2. The van der Waals surface area contributed by atoms with Gasteiger partial charge in [-0.2, -0.15) is 0 Å². The third-order valence-corrected chi connectivity index (χ3v) is 4.79. The van der Waals surface area contributed by atoms with E-state index in [0.29, 0.717) is 32.5 Å². The number of hydrogen-bond acceptors (Lipinski definition) is 4. The summed E-state index contributed by atoms with van der Waals surface area (Å²) >= 11 is 0. The maximum absolute atomic E-state index is 11.9. The molecule has 1 atom stereocenters. The van der Waals surface area contributed by atoms with Crippen LogP contribution in [-0.4, -0.2) is 60.6 Å². The molecule has 0 aliphatic rings. The van der Waals surface area contributed by atoms with E-state index in [4.69, 9.17) is 0 Å². The lowest BCUT2D eigenvalue weighted by atomic mass is 10.2. The summed E-state index contributed by atoms with van der Waals surface area (Å²) in [6, 6.07) is 0. The largest absolute Gasteiger partial charge is 0.392 e.